The number of H-pyrrole nitrogens is 1. The number of nitrogens with zero attached hydrogens (tertiary/aromatic N) is 3. The van der Waals surface area contributed by atoms with Gasteiger partial charge in [-0.2, -0.15) is 10.1 Å². The van der Waals surface area contributed by atoms with E-state index in [2.05, 4.69) is 20.2 Å². The van der Waals surface area contributed by atoms with Crippen LogP contribution in [-0.2, 0) is 9.84 Å². The highest BCUT2D eigenvalue weighted by Crippen LogP contribution is 2.31. The summed E-state index contributed by atoms with van der Waals surface area (Å²) >= 11 is 5.99. The number of hydrogen-bond donors (Lipinski definition) is 1. The van der Waals surface area contributed by atoms with Gasteiger partial charge in [0.2, 0.25) is 20.9 Å². The molecule has 0 aliphatic carbocycles. The van der Waals surface area contributed by atoms with Gasteiger partial charge in [0.15, 0.2) is 5.82 Å². The molecule has 24 heavy (non-hydrogen) atoms. The lowest BCUT2D eigenvalue weighted by molar-refractivity contribution is 0.464. The predicted octanol–water partition coefficient (Wildman–Crippen LogP) is 3.02. The topological polar surface area (TPSA) is 97.8 Å². The minimum Gasteiger partial charge on any atom is -0.438 e. The number of halogens is 1. The van der Waals surface area contributed by atoms with E-state index >= 15 is 0 Å². The third-order valence-electron chi connectivity index (χ3n) is 3.11. The molecule has 0 aliphatic rings. The minimum absolute atomic E-state index is 0.132. The van der Waals surface area contributed by atoms with E-state index in [1.807, 2.05) is 19.1 Å². The first-order valence-corrected chi connectivity index (χ1v) is 9.13. The highest BCUT2D eigenvalue weighted by Gasteiger charge is 2.18. The molecule has 0 spiro atoms. The monoisotopic (exact) mass is 364 g/mol. The Hall–Kier alpha value is -2.45. The van der Waals surface area contributed by atoms with E-state index in [1.165, 1.54) is 6.20 Å². The molecule has 2 heterocycles. The Balaban J connectivity index is 2.02. The minimum atomic E-state index is -3.50. The molecule has 0 saturated carbocycles. The van der Waals surface area contributed by atoms with Crippen molar-refractivity contribution in [2.75, 3.05) is 6.26 Å². The number of benzene rings is 1. The lowest BCUT2D eigenvalue weighted by Gasteiger charge is -2.08. The summed E-state index contributed by atoms with van der Waals surface area (Å²) in [7, 11) is -3.50. The number of aromatic nitrogens is 4. The van der Waals surface area contributed by atoms with E-state index < -0.39 is 9.84 Å². The lowest BCUT2D eigenvalue weighted by atomic mass is 10.2. The molecule has 0 saturated heterocycles. The normalized spacial score (nSPS) is 11.5. The smallest absolute Gasteiger partial charge is 0.243 e. The standard InChI is InChI=1S/C15H13ClN4O3S/c1-9-3-5-11(6-4-9)23-14-12(7-10(16)8-17-14)13-18-15(20-19-13)24(2,21)22/h3-8H,1-2H3,(H,18,19,20). The number of nitrogens with one attached hydrogen (secondary N) is 1. The van der Waals surface area contributed by atoms with Crippen LogP contribution in [0.25, 0.3) is 11.4 Å². The molecule has 0 fully saturated rings. The second-order valence-electron chi connectivity index (χ2n) is 5.16. The van der Waals surface area contributed by atoms with E-state index in [1.54, 1.807) is 18.2 Å². The molecule has 1 N–H and O–H groups in total. The Labute approximate surface area is 143 Å². The van der Waals surface area contributed by atoms with Gasteiger partial charge in [-0.1, -0.05) is 29.3 Å². The van der Waals surface area contributed by atoms with E-state index in [4.69, 9.17) is 16.3 Å². The average Bonchev–Trinajstić information content (AvgIpc) is 3.01. The van der Waals surface area contributed by atoms with Gasteiger partial charge in [0.25, 0.3) is 0 Å². The average molecular weight is 365 g/mol. The highest BCUT2D eigenvalue weighted by molar-refractivity contribution is 7.90. The first kappa shape index (κ1) is 16.4. The second kappa shape index (κ2) is 6.21. The van der Waals surface area contributed by atoms with Crippen LogP contribution in [0.2, 0.25) is 5.02 Å². The fourth-order valence-electron chi connectivity index (χ4n) is 1.92. The summed E-state index contributed by atoms with van der Waals surface area (Å²) in [5.74, 6) is 0.936. The third-order valence-corrected chi connectivity index (χ3v) is 4.20. The summed E-state index contributed by atoms with van der Waals surface area (Å²) in [6.07, 6.45) is 2.47. The quantitative estimate of drug-likeness (QED) is 0.764. The molecule has 0 radical (unpaired) electrons. The van der Waals surface area contributed by atoms with Crippen LogP contribution in [0.3, 0.4) is 0 Å². The number of rotatable bonds is 4. The van der Waals surface area contributed by atoms with Crippen molar-refractivity contribution in [3.63, 3.8) is 0 Å². The van der Waals surface area contributed by atoms with Gasteiger partial charge >= 0.3 is 0 Å². The zero-order valence-electron chi connectivity index (χ0n) is 12.8. The van der Waals surface area contributed by atoms with Crippen molar-refractivity contribution < 1.29 is 13.2 Å². The Bertz CT molecular complexity index is 984. The van der Waals surface area contributed by atoms with Crippen LogP contribution in [0.15, 0.2) is 41.7 Å². The number of pyridine rings is 1. The maximum absolute atomic E-state index is 11.5. The molecular weight excluding hydrogens is 352 g/mol. The fraction of sp³-hybridized carbons (Fsp3) is 0.133. The lowest BCUT2D eigenvalue weighted by Crippen LogP contribution is -1.99. The van der Waals surface area contributed by atoms with E-state index in [9.17, 15) is 8.42 Å². The first-order chi connectivity index (χ1) is 11.3. The zero-order valence-corrected chi connectivity index (χ0v) is 14.4. The van der Waals surface area contributed by atoms with Gasteiger partial charge in [-0.05, 0) is 25.1 Å². The van der Waals surface area contributed by atoms with Crippen LogP contribution < -0.4 is 4.74 Å². The summed E-state index contributed by atoms with van der Waals surface area (Å²) in [4.78, 5) is 8.12. The molecule has 0 atom stereocenters. The zero-order chi connectivity index (χ0) is 17.3. The van der Waals surface area contributed by atoms with Gasteiger partial charge in [0.1, 0.15) is 5.75 Å². The number of aromatic amines is 1. The van der Waals surface area contributed by atoms with Crippen molar-refractivity contribution in [2.45, 2.75) is 12.1 Å². The SMILES string of the molecule is Cc1ccc(Oc2ncc(Cl)cc2-c2n[nH]c(S(C)(=O)=O)n2)cc1. The molecule has 0 amide bonds. The molecule has 2 aromatic heterocycles. The van der Waals surface area contributed by atoms with Crippen molar-refractivity contribution in [1.29, 1.82) is 0 Å². The Morgan fingerprint density at radius 1 is 1.21 bits per heavy atom. The molecule has 3 aromatic rings. The highest BCUT2D eigenvalue weighted by atomic mass is 35.5. The van der Waals surface area contributed by atoms with Gasteiger partial charge in [0.05, 0.1) is 10.6 Å². The fourth-order valence-corrected chi connectivity index (χ4v) is 2.54. The van der Waals surface area contributed by atoms with Crippen molar-refractivity contribution in [3.05, 3.63) is 47.1 Å². The largest absolute Gasteiger partial charge is 0.438 e. The molecule has 7 nitrogen and oxygen atoms in total. The van der Waals surface area contributed by atoms with Crippen molar-refractivity contribution >= 4 is 21.4 Å². The van der Waals surface area contributed by atoms with Gasteiger partial charge in [-0.25, -0.2) is 18.5 Å². The van der Waals surface area contributed by atoms with Gasteiger partial charge < -0.3 is 4.74 Å². The maximum Gasteiger partial charge on any atom is 0.243 e. The van der Waals surface area contributed by atoms with Crippen molar-refractivity contribution in [2.24, 2.45) is 0 Å². The molecule has 0 unspecified atom stereocenters. The number of hydrogen-bond acceptors (Lipinski definition) is 6. The van der Waals surface area contributed by atoms with Crippen LogP contribution in [0.4, 0.5) is 0 Å². The Kier molecular flexibility index (Phi) is 4.25. The number of ether oxygens (including phenoxy) is 1. The first-order valence-electron chi connectivity index (χ1n) is 6.86. The summed E-state index contributed by atoms with van der Waals surface area (Å²) < 4.78 is 28.8. The second-order valence-corrected chi connectivity index (χ2v) is 7.53. The molecule has 0 bridgehead atoms. The van der Waals surface area contributed by atoms with Crippen molar-refractivity contribution in [3.8, 4) is 23.0 Å². The van der Waals surface area contributed by atoms with E-state index in [0.29, 0.717) is 16.3 Å². The molecule has 124 valence electrons. The van der Waals surface area contributed by atoms with Crippen LogP contribution >= 0.6 is 11.6 Å². The molecule has 9 heteroatoms. The van der Waals surface area contributed by atoms with Crippen LogP contribution in [0.5, 0.6) is 11.6 Å². The van der Waals surface area contributed by atoms with Crippen molar-refractivity contribution in [1.82, 2.24) is 20.2 Å². The van der Waals surface area contributed by atoms with Crippen LogP contribution in [0, 0.1) is 6.92 Å². The Morgan fingerprint density at radius 2 is 1.92 bits per heavy atom. The summed E-state index contributed by atoms with van der Waals surface area (Å²) in [6.45, 7) is 1.97. The summed E-state index contributed by atoms with van der Waals surface area (Å²) in [5, 5.41) is 6.42. The van der Waals surface area contributed by atoms with Crippen LogP contribution in [-0.4, -0.2) is 34.8 Å². The van der Waals surface area contributed by atoms with Gasteiger partial charge in [-0.3, -0.25) is 0 Å². The predicted molar refractivity (Wildman–Crippen MR) is 89.0 cm³/mol. The third kappa shape index (κ3) is 3.55. The number of aryl methyl sites for hydroxylation is 1. The summed E-state index contributed by atoms with van der Waals surface area (Å²) in [6, 6.07) is 8.97. The maximum atomic E-state index is 11.5. The molecular formula is C15H13ClN4O3S. The van der Waals surface area contributed by atoms with E-state index in [-0.39, 0.29) is 16.9 Å². The number of sulfone groups is 1. The molecule has 0 aliphatic heterocycles. The Morgan fingerprint density at radius 3 is 2.54 bits per heavy atom. The van der Waals surface area contributed by atoms with Gasteiger partial charge in [-0.15, -0.1) is 0 Å². The van der Waals surface area contributed by atoms with Gasteiger partial charge in [0, 0.05) is 12.5 Å². The molecule has 1 aromatic carbocycles. The van der Waals surface area contributed by atoms with Crippen LogP contribution in [0.1, 0.15) is 5.56 Å². The summed E-state index contributed by atoms with van der Waals surface area (Å²) in [5.41, 5.74) is 1.48. The molecule has 3 rings (SSSR count). The van der Waals surface area contributed by atoms with E-state index in [0.717, 1.165) is 11.8 Å².